The third kappa shape index (κ3) is 6.54. The SMILES string of the molecule is COCC1OC(OC)C(O[Si](C)(C)C)C(O[Si](C)(C)C)C1OC. The molecule has 0 aliphatic carbocycles. The zero-order chi connectivity index (χ0) is 17.8. The fraction of sp³-hybridized carbons (Fsp3) is 1.00. The Hall–Kier alpha value is 0.194. The largest absolute Gasteiger partial charge is 0.409 e. The summed E-state index contributed by atoms with van der Waals surface area (Å²) >= 11 is 0. The van der Waals surface area contributed by atoms with Crippen molar-refractivity contribution in [3.05, 3.63) is 0 Å². The summed E-state index contributed by atoms with van der Waals surface area (Å²) in [6, 6.07) is 0. The Morgan fingerprint density at radius 1 is 0.739 bits per heavy atom. The molecule has 1 aliphatic heterocycles. The molecule has 138 valence electrons. The van der Waals surface area contributed by atoms with Crippen LogP contribution < -0.4 is 0 Å². The fourth-order valence-electron chi connectivity index (χ4n) is 2.73. The van der Waals surface area contributed by atoms with E-state index in [-0.39, 0.29) is 24.4 Å². The summed E-state index contributed by atoms with van der Waals surface area (Å²) in [6.45, 7) is 13.3. The molecule has 0 bridgehead atoms. The van der Waals surface area contributed by atoms with Gasteiger partial charge >= 0.3 is 0 Å². The quantitative estimate of drug-likeness (QED) is 0.615. The molecule has 1 fully saturated rings. The second kappa shape index (κ2) is 8.53. The average molecular weight is 367 g/mol. The Labute approximate surface area is 143 Å². The van der Waals surface area contributed by atoms with Gasteiger partial charge in [0, 0.05) is 21.3 Å². The van der Waals surface area contributed by atoms with E-state index in [1.807, 2.05) is 0 Å². The van der Waals surface area contributed by atoms with Gasteiger partial charge < -0.3 is 27.8 Å². The Morgan fingerprint density at radius 2 is 1.26 bits per heavy atom. The van der Waals surface area contributed by atoms with Crippen LogP contribution in [0.4, 0.5) is 0 Å². The molecule has 0 aromatic rings. The van der Waals surface area contributed by atoms with Crippen LogP contribution >= 0.6 is 0 Å². The topological polar surface area (TPSA) is 55.4 Å². The third-order valence-electron chi connectivity index (χ3n) is 3.41. The van der Waals surface area contributed by atoms with Crippen LogP contribution in [-0.2, 0) is 27.8 Å². The summed E-state index contributed by atoms with van der Waals surface area (Å²) in [5.41, 5.74) is 0. The van der Waals surface area contributed by atoms with E-state index in [1.54, 1.807) is 21.3 Å². The molecular weight excluding hydrogens is 332 g/mol. The summed E-state index contributed by atoms with van der Waals surface area (Å²) in [6.07, 6.45) is -1.55. The zero-order valence-corrected chi connectivity index (χ0v) is 18.0. The molecule has 1 rings (SSSR count). The first-order chi connectivity index (χ1) is 10.5. The van der Waals surface area contributed by atoms with Gasteiger partial charge in [-0.1, -0.05) is 0 Å². The van der Waals surface area contributed by atoms with Crippen LogP contribution in [0.3, 0.4) is 0 Å². The molecule has 0 saturated carbocycles. The van der Waals surface area contributed by atoms with E-state index in [0.717, 1.165) is 0 Å². The summed E-state index contributed by atoms with van der Waals surface area (Å²) in [5, 5.41) is 0. The number of hydrogen-bond donors (Lipinski definition) is 0. The van der Waals surface area contributed by atoms with Crippen LogP contribution in [0.5, 0.6) is 0 Å². The molecule has 5 unspecified atom stereocenters. The second-order valence-electron chi connectivity index (χ2n) is 7.82. The molecule has 23 heavy (non-hydrogen) atoms. The molecule has 0 aromatic carbocycles. The van der Waals surface area contributed by atoms with Crippen LogP contribution in [0.15, 0.2) is 0 Å². The molecule has 1 aliphatic rings. The first-order valence-corrected chi connectivity index (χ1v) is 14.9. The van der Waals surface area contributed by atoms with Crippen LogP contribution in [0.1, 0.15) is 0 Å². The highest BCUT2D eigenvalue weighted by Gasteiger charge is 2.50. The van der Waals surface area contributed by atoms with Crippen molar-refractivity contribution in [2.24, 2.45) is 0 Å². The molecular formula is C15H34O6Si2. The Balaban J connectivity index is 3.13. The summed E-state index contributed by atoms with van der Waals surface area (Å²) < 4.78 is 35.4. The van der Waals surface area contributed by atoms with Gasteiger partial charge in [-0.05, 0) is 39.3 Å². The van der Waals surface area contributed by atoms with Gasteiger partial charge in [0.25, 0.3) is 0 Å². The standard InChI is InChI=1S/C15H34O6Si2/c1-16-10-11-12(17-2)13(20-22(4,5)6)14(15(18-3)19-11)21-23(7,8)9/h11-15H,10H2,1-9H3. The monoisotopic (exact) mass is 366 g/mol. The molecule has 0 amide bonds. The summed E-state index contributed by atoms with van der Waals surface area (Å²) in [4.78, 5) is 0. The number of hydrogen-bond acceptors (Lipinski definition) is 6. The van der Waals surface area contributed by atoms with Crippen molar-refractivity contribution in [3.8, 4) is 0 Å². The summed E-state index contributed by atoms with van der Waals surface area (Å²) in [7, 11) is 1.33. The Morgan fingerprint density at radius 3 is 1.65 bits per heavy atom. The predicted octanol–water partition coefficient (Wildman–Crippen LogP) is 2.46. The summed E-state index contributed by atoms with van der Waals surface area (Å²) in [5.74, 6) is 0. The van der Waals surface area contributed by atoms with Crippen molar-refractivity contribution >= 4 is 16.6 Å². The Bertz CT molecular complexity index is 355. The van der Waals surface area contributed by atoms with E-state index in [2.05, 4.69) is 39.3 Å². The molecule has 5 atom stereocenters. The molecule has 0 radical (unpaired) electrons. The van der Waals surface area contributed by atoms with Gasteiger partial charge in [0.1, 0.15) is 24.4 Å². The minimum absolute atomic E-state index is 0.239. The highest BCUT2D eigenvalue weighted by Crippen LogP contribution is 2.32. The fourth-order valence-corrected chi connectivity index (χ4v) is 4.87. The molecule has 1 saturated heterocycles. The molecule has 1 heterocycles. The lowest BCUT2D eigenvalue weighted by Gasteiger charge is -2.48. The minimum Gasteiger partial charge on any atom is -0.409 e. The second-order valence-corrected chi connectivity index (χ2v) is 16.7. The highest BCUT2D eigenvalue weighted by atomic mass is 28.4. The van der Waals surface area contributed by atoms with Gasteiger partial charge in [0.2, 0.25) is 0 Å². The first kappa shape index (κ1) is 21.2. The van der Waals surface area contributed by atoms with Gasteiger partial charge in [-0.25, -0.2) is 0 Å². The lowest BCUT2D eigenvalue weighted by molar-refractivity contribution is -0.292. The average Bonchev–Trinajstić information content (AvgIpc) is 2.38. The third-order valence-corrected chi connectivity index (χ3v) is 5.36. The maximum absolute atomic E-state index is 6.44. The number of ether oxygens (including phenoxy) is 4. The number of rotatable bonds is 8. The van der Waals surface area contributed by atoms with Crippen molar-refractivity contribution in [2.45, 2.75) is 70.0 Å². The predicted molar refractivity (Wildman–Crippen MR) is 94.8 cm³/mol. The van der Waals surface area contributed by atoms with Crippen LogP contribution in [0.2, 0.25) is 39.3 Å². The lowest BCUT2D eigenvalue weighted by atomic mass is 9.99. The van der Waals surface area contributed by atoms with Crippen molar-refractivity contribution in [2.75, 3.05) is 27.9 Å². The van der Waals surface area contributed by atoms with E-state index in [0.29, 0.717) is 6.61 Å². The van der Waals surface area contributed by atoms with E-state index in [1.165, 1.54) is 0 Å². The lowest BCUT2D eigenvalue weighted by Crippen LogP contribution is -2.64. The molecule has 0 aromatic heterocycles. The first-order valence-electron chi connectivity index (χ1n) is 8.08. The smallest absolute Gasteiger partial charge is 0.185 e. The van der Waals surface area contributed by atoms with Crippen molar-refractivity contribution in [1.82, 2.24) is 0 Å². The van der Waals surface area contributed by atoms with Crippen LogP contribution in [-0.4, -0.2) is 75.3 Å². The van der Waals surface area contributed by atoms with Crippen molar-refractivity contribution < 1.29 is 27.8 Å². The van der Waals surface area contributed by atoms with E-state index in [9.17, 15) is 0 Å². The van der Waals surface area contributed by atoms with Gasteiger partial charge in [0.15, 0.2) is 22.9 Å². The zero-order valence-electron chi connectivity index (χ0n) is 16.0. The highest BCUT2D eigenvalue weighted by molar-refractivity contribution is 6.70. The number of methoxy groups -OCH3 is 3. The van der Waals surface area contributed by atoms with Crippen LogP contribution in [0.25, 0.3) is 0 Å². The van der Waals surface area contributed by atoms with Gasteiger partial charge in [-0.3, -0.25) is 0 Å². The maximum Gasteiger partial charge on any atom is 0.185 e. The molecule has 0 spiro atoms. The van der Waals surface area contributed by atoms with Crippen molar-refractivity contribution in [3.63, 3.8) is 0 Å². The van der Waals surface area contributed by atoms with E-state index in [4.69, 9.17) is 27.8 Å². The molecule has 8 heteroatoms. The normalized spacial score (nSPS) is 33.0. The van der Waals surface area contributed by atoms with Gasteiger partial charge in [-0.15, -0.1) is 0 Å². The van der Waals surface area contributed by atoms with E-state index < -0.39 is 22.9 Å². The molecule has 6 nitrogen and oxygen atoms in total. The Kier molecular flexibility index (Phi) is 7.87. The van der Waals surface area contributed by atoms with Crippen LogP contribution in [0, 0.1) is 0 Å². The maximum atomic E-state index is 6.44. The van der Waals surface area contributed by atoms with Gasteiger partial charge in [0.05, 0.1) is 6.61 Å². The molecule has 0 N–H and O–H groups in total. The van der Waals surface area contributed by atoms with Crippen molar-refractivity contribution in [1.29, 1.82) is 0 Å². The minimum atomic E-state index is -1.81. The van der Waals surface area contributed by atoms with E-state index >= 15 is 0 Å². The van der Waals surface area contributed by atoms with Gasteiger partial charge in [-0.2, -0.15) is 0 Å².